The lowest BCUT2D eigenvalue weighted by atomic mass is 9.77. The topological polar surface area (TPSA) is 50.2 Å². The van der Waals surface area contributed by atoms with Crippen LogP contribution < -0.4 is 0 Å². The van der Waals surface area contributed by atoms with Gasteiger partial charge in [-0.15, -0.1) is 0 Å². The van der Waals surface area contributed by atoms with Gasteiger partial charge in [0.05, 0.1) is 5.41 Å². The van der Waals surface area contributed by atoms with Crippen molar-refractivity contribution in [2.75, 3.05) is 0 Å². The average Bonchev–Trinajstić information content (AvgIpc) is 2.38. The Morgan fingerprint density at radius 2 is 1.75 bits per heavy atom. The molecule has 0 fully saturated rings. The third-order valence-electron chi connectivity index (χ3n) is 3.28. The van der Waals surface area contributed by atoms with E-state index in [0.29, 0.717) is 0 Å². The first-order chi connectivity index (χ1) is 9.41. The number of carbonyl (C=O) groups is 1. The SMILES string of the molecule is CC(Cc1ccncc1)(C(=O)O)c1cc(F)cc(F)c1. The van der Waals surface area contributed by atoms with Gasteiger partial charge < -0.3 is 5.11 Å². The van der Waals surface area contributed by atoms with E-state index in [2.05, 4.69) is 4.98 Å². The zero-order chi connectivity index (χ0) is 14.8. The summed E-state index contributed by atoms with van der Waals surface area (Å²) in [4.78, 5) is 15.4. The van der Waals surface area contributed by atoms with Crippen molar-refractivity contribution in [3.8, 4) is 0 Å². The molecular weight excluding hydrogens is 264 g/mol. The molecule has 2 rings (SSSR count). The van der Waals surface area contributed by atoms with Gasteiger partial charge in [-0.25, -0.2) is 8.78 Å². The minimum atomic E-state index is -1.41. The standard InChI is InChI=1S/C15H13F2NO2/c1-15(14(19)20,9-10-2-4-18-5-3-10)11-6-12(16)8-13(17)7-11/h2-8H,9H2,1H3,(H,19,20). The van der Waals surface area contributed by atoms with Crippen LogP contribution in [0.2, 0.25) is 0 Å². The second-order valence-electron chi connectivity index (χ2n) is 4.83. The van der Waals surface area contributed by atoms with Gasteiger partial charge in [0.1, 0.15) is 11.6 Å². The molecule has 20 heavy (non-hydrogen) atoms. The maximum Gasteiger partial charge on any atom is 0.314 e. The van der Waals surface area contributed by atoms with Crippen LogP contribution in [0.1, 0.15) is 18.1 Å². The summed E-state index contributed by atoms with van der Waals surface area (Å²) in [6, 6.07) is 6.18. The van der Waals surface area contributed by atoms with Gasteiger partial charge >= 0.3 is 5.97 Å². The van der Waals surface area contributed by atoms with Crippen molar-refractivity contribution < 1.29 is 18.7 Å². The Morgan fingerprint density at radius 1 is 1.20 bits per heavy atom. The van der Waals surface area contributed by atoms with Gasteiger partial charge in [0.25, 0.3) is 0 Å². The van der Waals surface area contributed by atoms with E-state index < -0.39 is 23.0 Å². The third-order valence-corrected chi connectivity index (χ3v) is 3.28. The summed E-state index contributed by atoms with van der Waals surface area (Å²) in [6.45, 7) is 1.45. The van der Waals surface area contributed by atoms with Crippen molar-refractivity contribution in [2.45, 2.75) is 18.8 Å². The summed E-state index contributed by atoms with van der Waals surface area (Å²) >= 11 is 0. The number of halogens is 2. The van der Waals surface area contributed by atoms with Gasteiger partial charge in [-0.05, 0) is 48.7 Å². The van der Waals surface area contributed by atoms with E-state index in [0.717, 1.165) is 23.8 Å². The highest BCUT2D eigenvalue weighted by Crippen LogP contribution is 2.29. The molecule has 0 aliphatic carbocycles. The summed E-state index contributed by atoms with van der Waals surface area (Å²) in [5.41, 5.74) is -0.585. The molecule has 1 heterocycles. The van der Waals surface area contributed by atoms with Gasteiger partial charge in [-0.1, -0.05) is 0 Å². The smallest absolute Gasteiger partial charge is 0.314 e. The first-order valence-corrected chi connectivity index (χ1v) is 6.01. The maximum absolute atomic E-state index is 13.3. The summed E-state index contributed by atoms with van der Waals surface area (Å²) < 4.78 is 26.6. The van der Waals surface area contributed by atoms with E-state index in [-0.39, 0.29) is 12.0 Å². The Morgan fingerprint density at radius 3 is 2.25 bits per heavy atom. The largest absolute Gasteiger partial charge is 0.481 e. The van der Waals surface area contributed by atoms with Crippen LogP contribution in [0.15, 0.2) is 42.7 Å². The fourth-order valence-corrected chi connectivity index (χ4v) is 2.08. The Kier molecular flexibility index (Phi) is 3.79. The van der Waals surface area contributed by atoms with Crippen molar-refractivity contribution in [3.63, 3.8) is 0 Å². The molecule has 0 bridgehead atoms. The van der Waals surface area contributed by atoms with Crippen LogP contribution in [0.5, 0.6) is 0 Å². The van der Waals surface area contributed by atoms with Crippen LogP contribution in [0.25, 0.3) is 0 Å². The van der Waals surface area contributed by atoms with E-state index in [1.165, 1.54) is 6.92 Å². The van der Waals surface area contributed by atoms with Gasteiger partial charge in [-0.3, -0.25) is 9.78 Å². The van der Waals surface area contributed by atoms with Gasteiger partial charge in [0.15, 0.2) is 0 Å². The van der Waals surface area contributed by atoms with E-state index in [1.807, 2.05) is 0 Å². The lowest BCUT2D eigenvalue weighted by Crippen LogP contribution is -2.35. The molecule has 5 heteroatoms. The zero-order valence-corrected chi connectivity index (χ0v) is 10.8. The molecule has 0 spiro atoms. The van der Waals surface area contributed by atoms with Crippen LogP contribution in [0, 0.1) is 11.6 Å². The highest BCUT2D eigenvalue weighted by atomic mass is 19.1. The lowest BCUT2D eigenvalue weighted by molar-refractivity contribution is -0.143. The van der Waals surface area contributed by atoms with E-state index in [1.54, 1.807) is 24.5 Å². The Hall–Kier alpha value is -2.30. The fraction of sp³-hybridized carbons (Fsp3) is 0.200. The lowest BCUT2D eigenvalue weighted by Gasteiger charge is -2.25. The molecule has 3 nitrogen and oxygen atoms in total. The highest BCUT2D eigenvalue weighted by Gasteiger charge is 2.36. The van der Waals surface area contributed by atoms with E-state index in [4.69, 9.17) is 0 Å². The molecule has 0 aliphatic rings. The molecule has 0 saturated heterocycles. The van der Waals surface area contributed by atoms with E-state index in [9.17, 15) is 18.7 Å². The number of aliphatic carboxylic acids is 1. The molecule has 1 unspecified atom stereocenters. The highest BCUT2D eigenvalue weighted by molar-refractivity contribution is 5.81. The van der Waals surface area contributed by atoms with Crippen LogP contribution in [-0.4, -0.2) is 16.1 Å². The summed E-state index contributed by atoms with van der Waals surface area (Å²) in [5.74, 6) is -2.72. The molecule has 0 aliphatic heterocycles. The number of benzene rings is 1. The monoisotopic (exact) mass is 277 g/mol. The Bertz CT molecular complexity index is 611. The minimum Gasteiger partial charge on any atom is -0.481 e. The predicted octanol–water partition coefficient (Wildman–Crippen LogP) is 2.94. The third kappa shape index (κ3) is 2.82. The number of carboxylic acid groups (broad SMARTS) is 1. The van der Waals surface area contributed by atoms with Crippen LogP contribution in [0.4, 0.5) is 8.78 Å². The quantitative estimate of drug-likeness (QED) is 0.934. The maximum atomic E-state index is 13.3. The average molecular weight is 277 g/mol. The first kappa shape index (κ1) is 14.1. The molecule has 2 aromatic rings. The van der Waals surface area contributed by atoms with Crippen molar-refractivity contribution in [2.24, 2.45) is 0 Å². The van der Waals surface area contributed by atoms with Crippen molar-refractivity contribution >= 4 is 5.97 Å². The number of hydrogen-bond donors (Lipinski definition) is 1. The number of carboxylic acids is 1. The summed E-state index contributed by atoms with van der Waals surface area (Å²) in [5, 5.41) is 9.47. The molecule has 1 N–H and O–H groups in total. The summed E-state index contributed by atoms with van der Waals surface area (Å²) in [7, 11) is 0. The second kappa shape index (κ2) is 5.36. The number of hydrogen-bond acceptors (Lipinski definition) is 2. The predicted molar refractivity (Wildman–Crippen MR) is 69.3 cm³/mol. The number of rotatable bonds is 4. The minimum absolute atomic E-state index is 0.0966. The normalized spacial score (nSPS) is 13.8. The van der Waals surface area contributed by atoms with Crippen molar-refractivity contribution in [3.05, 3.63) is 65.5 Å². The van der Waals surface area contributed by atoms with Crippen LogP contribution in [-0.2, 0) is 16.6 Å². The Labute approximate surface area is 114 Å². The molecule has 104 valence electrons. The Balaban J connectivity index is 2.46. The molecule has 1 aromatic carbocycles. The zero-order valence-electron chi connectivity index (χ0n) is 10.8. The van der Waals surface area contributed by atoms with Crippen molar-refractivity contribution in [1.29, 1.82) is 0 Å². The van der Waals surface area contributed by atoms with Crippen LogP contribution in [0.3, 0.4) is 0 Å². The number of pyridine rings is 1. The molecule has 0 radical (unpaired) electrons. The van der Waals surface area contributed by atoms with E-state index >= 15 is 0 Å². The van der Waals surface area contributed by atoms with Gasteiger partial charge in [0, 0.05) is 18.5 Å². The fourth-order valence-electron chi connectivity index (χ4n) is 2.08. The second-order valence-corrected chi connectivity index (χ2v) is 4.83. The molecule has 1 atom stereocenters. The van der Waals surface area contributed by atoms with Gasteiger partial charge in [-0.2, -0.15) is 0 Å². The molecule has 0 amide bonds. The van der Waals surface area contributed by atoms with Crippen LogP contribution >= 0.6 is 0 Å². The number of nitrogens with zero attached hydrogens (tertiary/aromatic N) is 1. The first-order valence-electron chi connectivity index (χ1n) is 6.01. The molecule has 0 saturated carbocycles. The van der Waals surface area contributed by atoms with Crippen molar-refractivity contribution in [1.82, 2.24) is 4.98 Å². The van der Waals surface area contributed by atoms with Gasteiger partial charge in [0.2, 0.25) is 0 Å². The summed E-state index contributed by atoms with van der Waals surface area (Å²) in [6.07, 6.45) is 3.21. The molecule has 1 aromatic heterocycles. The molecular formula is C15H13F2NO2. The number of aromatic nitrogens is 1.